The van der Waals surface area contributed by atoms with E-state index in [1.165, 1.54) is 17.4 Å². The fourth-order valence-electron chi connectivity index (χ4n) is 3.07. The van der Waals surface area contributed by atoms with Gasteiger partial charge in [-0.15, -0.1) is 11.3 Å². The van der Waals surface area contributed by atoms with E-state index in [1.807, 2.05) is 66.9 Å². The number of halogens is 3. The van der Waals surface area contributed by atoms with Crippen molar-refractivity contribution in [3.8, 4) is 11.1 Å². The molecule has 2 aromatic carbocycles. The number of amides is 1. The quantitative estimate of drug-likeness (QED) is 0.143. The zero-order valence-corrected chi connectivity index (χ0v) is 21.6. The van der Waals surface area contributed by atoms with Gasteiger partial charge in [0, 0.05) is 17.0 Å². The average molecular weight is 538 g/mol. The molecule has 0 saturated heterocycles. The highest BCUT2D eigenvalue weighted by atomic mass is 35.6. The lowest BCUT2D eigenvalue weighted by atomic mass is 10.0. The van der Waals surface area contributed by atoms with E-state index in [2.05, 4.69) is 10.6 Å². The summed E-state index contributed by atoms with van der Waals surface area (Å²) in [4.78, 5) is 25.4. The summed E-state index contributed by atoms with van der Waals surface area (Å²) < 4.78 is 3.37. The van der Waals surface area contributed by atoms with Crippen LogP contribution < -0.4 is 10.6 Å². The van der Waals surface area contributed by atoms with Gasteiger partial charge in [0.05, 0.1) is 6.61 Å². The average Bonchev–Trinajstić information content (AvgIpc) is 3.22. The van der Waals surface area contributed by atoms with Crippen molar-refractivity contribution in [3.63, 3.8) is 0 Å². The number of carbonyl (C=O) groups is 2. The Bertz CT molecular complexity index is 1160. The molecule has 1 unspecified atom stereocenters. The molecule has 2 N–H and O–H groups in total. The second-order valence-corrected chi connectivity index (χ2v) is 10.6. The lowest BCUT2D eigenvalue weighted by Crippen LogP contribution is -2.48. The molecule has 0 radical (unpaired) electrons. The van der Waals surface area contributed by atoms with Gasteiger partial charge >= 0.3 is 5.97 Å². The van der Waals surface area contributed by atoms with E-state index in [0.29, 0.717) is 16.1 Å². The summed E-state index contributed by atoms with van der Waals surface area (Å²) in [6.45, 7) is 3.92. The van der Waals surface area contributed by atoms with E-state index >= 15 is 0 Å². The molecular formula is C25H23Cl3N2O3S. The minimum Gasteiger partial charge on any atom is -0.462 e. The number of hydrogen-bond donors (Lipinski definition) is 2. The third kappa shape index (κ3) is 7.00. The van der Waals surface area contributed by atoms with Crippen LogP contribution in [-0.2, 0) is 9.53 Å². The Morgan fingerprint density at radius 3 is 2.38 bits per heavy atom. The Morgan fingerprint density at radius 2 is 1.76 bits per heavy atom. The van der Waals surface area contributed by atoms with Crippen LogP contribution in [0.2, 0.25) is 0 Å². The van der Waals surface area contributed by atoms with Gasteiger partial charge in [-0.25, -0.2) is 4.79 Å². The van der Waals surface area contributed by atoms with Crippen LogP contribution in [0.3, 0.4) is 0 Å². The fraction of sp³-hybridized carbons (Fsp3) is 0.200. The zero-order valence-electron chi connectivity index (χ0n) is 18.5. The van der Waals surface area contributed by atoms with Crippen LogP contribution in [0.25, 0.3) is 17.2 Å². The Balaban J connectivity index is 1.88. The number of benzene rings is 2. The van der Waals surface area contributed by atoms with Gasteiger partial charge in [-0.1, -0.05) is 95.0 Å². The molecule has 0 bridgehead atoms. The van der Waals surface area contributed by atoms with Gasteiger partial charge in [-0.05, 0) is 31.1 Å². The van der Waals surface area contributed by atoms with Crippen molar-refractivity contribution >= 4 is 69.1 Å². The molecule has 0 aliphatic carbocycles. The normalized spacial score (nSPS) is 12.4. The summed E-state index contributed by atoms with van der Waals surface area (Å²) in [7, 11) is 0. The first-order chi connectivity index (χ1) is 16.2. The standard InChI is InChI=1S/C25H23Cl3N2O3S/c1-3-33-23(32)21-19(18-12-9-16(2)10-13-18)15-34-22(21)30-24(25(26,27)28)29-20(31)14-11-17-7-5-4-6-8-17/h4-15,24,30H,3H2,1-2H3,(H,29,31)/b14-11+. The number of aryl methyl sites for hydroxylation is 1. The predicted molar refractivity (Wildman–Crippen MR) is 142 cm³/mol. The largest absolute Gasteiger partial charge is 0.462 e. The van der Waals surface area contributed by atoms with Gasteiger partial charge in [0.1, 0.15) is 16.7 Å². The highest BCUT2D eigenvalue weighted by Crippen LogP contribution is 2.39. The number of nitrogens with one attached hydrogen (secondary N) is 2. The van der Waals surface area contributed by atoms with Gasteiger partial charge in [0.25, 0.3) is 0 Å². The highest BCUT2D eigenvalue weighted by molar-refractivity contribution is 7.15. The molecule has 34 heavy (non-hydrogen) atoms. The lowest BCUT2D eigenvalue weighted by Gasteiger charge is -2.26. The SMILES string of the molecule is CCOC(=O)c1c(-c2ccc(C)cc2)csc1NC(NC(=O)/C=C/c1ccccc1)C(Cl)(Cl)Cl. The summed E-state index contributed by atoms with van der Waals surface area (Å²) in [5, 5.41) is 7.91. The first-order valence-corrected chi connectivity index (χ1v) is 12.4. The third-order valence-corrected chi connectivity index (χ3v) is 6.32. The Morgan fingerprint density at radius 1 is 1.09 bits per heavy atom. The molecule has 9 heteroatoms. The van der Waals surface area contributed by atoms with Crippen molar-refractivity contribution in [1.82, 2.24) is 5.32 Å². The van der Waals surface area contributed by atoms with Crippen LogP contribution in [0.1, 0.15) is 28.4 Å². The van der Waals surface area contributed by atoms with Crippen LogP contribution >= 0.6 is 46.1 Å². The summed E-state index contributed by atoms with van der Waals surface area (Å²) in [6, 6.07) is 17.1. The molecule has 1 aromatic heterocycles. The van der Waals surface area contributed by atoms with Gasteiger partial charge in [0.2, 0.25) is 9.70 Å². The molecular weight excluding hydrogens is 515 g/mol. The first kappa shape index (κ1) is 26.1. The van der Waals surface area contributed by atoms with Crippen molar-refractivity contribution in [2.24, 2.45) is 0 Å². The van der Waals surface area contributed by atoms with E-state index in [4.69, 9.17) is 39.5 Å². The third-order valence-electron chi connectivity index (χ3n) is 4.75. The van der Waals surface area contributed by atoms with Crippen LogP contribution in [0.15, 0.2) is 66.1 Å². The molecule has 3 rings (SSSR count). The monoisotopic (exact) mass is 536 g/mol. The van der Waals surface area contributed by atoms with Crippen LogP contribution in [-0.4, -0.2) is 28.4 Å². The summed E-state index contributed by atoms with van der Waals surface area (Å²) in [5.74, 6) is -0.985. The van der Waals surface area contributed by atoms with E-state index in [0.717, 1.165) is 16.7 Å². The number of alkyl halides is 3. The summed E-state index contributed by atoms with van der Waals surface area (Å²) >= 11 is 19.7. The molecule has 5 nitrogen and oxygen atoms in total. The first-order valence-electron chi connectivity index (χ1n) is 10.4. The molecule has 0 saturated carbocycles. The van der Waals surface area contributed by atoms with Crippen molar-refractivity contribution < 1.29 is 14.3 Å². The van der Waals surface area contributed by atoms with Crippen LogP contribution in [0.4, 0.5) is 5.00 Å². The Labute approximate surface area is 217 Å². The van der Waals surface area contributed by atoms with Gasteiger partial charge in [0.15, 0.2) is 0 Å². The van der Waals surface area contributed by atoms with Gasteiger partial charge < -0.3 is 15.4 Å². The molecule has 0 fully saturated rings. The van der Waals surface area contributed by atoms with Crippen molar-refractivity contribution in [3.05, 3.63) is 82.7 Å². The number of thiophene rings is 1. The maximum absolute atomic E-state index is 12.8. The lowest BCUT2D eigenvalue weighted by molar-refractivity contribution is -0.116. The van der Waals surface area contributed by atoms with Gasteiger partial charge in [-0.3, -0.25) is 4.79 Å². The highest BCUT2D eigenvalue weighted by Gasteiger charge is 2.35. The minimum absolute atomic E-state index is 0.205. The number of anilines is 1. The Hall–Kier alpha value is -2.51. The van der Waals surface area contributed by atoms with Crippen molar-refractivity contribution in [2.75, 3.05) is 11.9 Å². The molecule has 178 valence electrons. The maximum Gasteiger partial charge on any atom is 0.341 e. The molecule has 1 heterocycles. The number of hydrogen-bond acceptors (Lipinski definition) is 5. The topological polar surface area (TPSA) is 67.4 Å². The zero-order chi connectivity index (χ0) is 24.7. The Kier molecular flexibility index (Phi) is 9.03. The number of carbonyl (C=O) groups excluding carboxylic acids is 2. The van der Waals surface area contributed by atoms with E-state index in [-0.39, 0.29) is 6.61 Å². The van der Waals surface area contributed by atoms with Crippen LogP contribution in [0, 0.1) is 6.92 Å². The summed E-state index contributed by atoms with van der Waals surface area (Å²) in [5.41, 5.74) is 3.78. The molecule has 0 spiro atoms. The molecule has 0 aliphatic rings. The molecule has 0 aliphatic heterocycles. The number of esters is 1. The number of rotatable bonds is 8. The smallest absolute Gasteiger partial charge is 0.341 e. The second-order valence-electron chi connectivity index (χ2n) is 7.31. The second kappa shape index (κ2) is 11.8. The maximum atomic E-state index is 12.8. The van der Waals surface area contributed by atoms with E-state index < -0.39 is 21.8 Å². The van der Waals surface area contributed by atoms with Crippen LogP contribution in [0.5, 0.6) is 0 Å². The van der Waals surface area contributed by atoms with Crippen molar-refractivity contribution in [1.29, 1.82) is 0 Å². The van der Waals surface area contributed by atoms with Gasteiger partial charge in [-0.2, -0.15) is 0 Å². The molecule has 1 atom stereocenters. The van der Waals surface area contributed by atoms with Crippen molar-refractivity contribution in [2.45, 2.75) is 23.8 Å². The molecule has 1 amide bonds. The fourth-order valence-corrected chi connectivity index (χ4v) is 4.39. The molecule has 3 aromatic rings. The summed E-state index contributed by atoms with van der Waals surface area (Å²) in [6.07, 6.45) is 1.87. The van der Waals surface area contributed by atoms with E-state index in [9.17, 15) is 9.59 Å². The predicted octanol–water partition coefficient (Wildman–Crippen LogP) is 6.84. The number of ether oxygens (including phenoxy) is 1. The minimum atomic E-state index is -1.91. The van der Waals surface area contributed by atoms with E-state index in [1.54, 1.807) is 13.0 Å².